The van der Waals surface area contributed by atoms with Crippen molar-refractivity contribution < 1.29 is 31.8 Å². The molecule has 0 aliphatic carbocycles. The minimum Gasteiger partial charge on any atom is -0.481 e. The molecule has 0 spiro atoms. The minimum atomic E-state index is -4.81. The van der Waals surface area contributed by atoms with Crippen LogP contribution >= 0.6 is 0 Å². The van der Waals surface area contributed by atoms with Crippen LogP contribution in [0.2, 0.25) is 0 Å². The molecule has 0 radical (unpaired) electrons. The second-order valence-corrected chi connectivity index (χ2v) is 8.22. The summed E-state index contributed by atoms with van der Waals surface area (Å²) in [6.07, 6.45) is 14.4. The number of benzene rings is 1. The molecule has 2 N–H and O–H groups in total. The molecular formula is C22H36O7S. The number of aliphatic carboxylic acids is 1. The van der Waals surface area contributed by atoms with Crippen molar-refractivity contribution in [1.82, 2.24) is 0 Å². The number of hydrogen-bond donors (Lipinski definition) is 2. The average molecular weight is 445 g/mol. The van der Waals surface area contributed by atoms with Gasteiger partial charge in [0.15, 0.2) is 0 Å². The molecule has 0 aliphatic rings. The van der Waals surface area contributed by atoms with Gasteiger partial charge in [0.05, 0.1) is 12.8 Å². The van der Waals surface area contributed by atoms with Crippen molar-refractivity contribution in [2.75, 3.05) is 0 Å². The lowest BCUT2D eigenvalue weighted by molar-refractivity contribution is -0.142. The van der Waals surface area contributed by atoms with Gasteiger partial charge in [0.2, 0.25) is 0 Å². The quantitative estimate of drug-likeness (QED) is 0.276. The Morgan fingerprint density at radius 3 is 1.80 bits per heavy atom. The van der Waals surface area contributed by atoms with Crippen molar-refractivity contribution in [1.29, 1.82) is 0 Å². The summed E-state index contributed by atoms with van der Waals surface area (Å²) < 4.78 is 31.1. The standard InChI is InChI=1S/C18H30.C4H6O7S/c1-2-3-4-5-6-7-8-9-10-12-15-18-16-13-11-14-17-18;5-3(6)1-2-4(7)11-12(8,9)10/h11,13-14,16-17H,2-10,12,15H2,1H3;1-2H2,(H,5,6)(H,8,9,10). The number of unbranched alkanes of at least 4 members (excludes halogenated alkanes) is 9. The van der Waals surface area contributed by atoms with Crippen LogP contribution in [0.3, 0.4) is 0 Å². The zero-order chi connectivity index (χ0) is 22.7. The summed E-state index contributed by atoms with van der Waals surface area (Å²) >= 11 is 0. The number of carbonyl (C=O) groups is 2. The largest absolute Gasteiger partial charge is 0.481 e. The van der Waals surface area contributed by atoms with E-state index in [0.717, 1.165) is 0 Å². The van der Waals surface area contributed by atoms with Gasteiger partial charge in [-0.15, -0.1) is 0 Å². The van der Waals surface area contributed by atoms with Gasteiger partial charge in [-0.25, -0.2) is 0 Å². The van der Waals surface area contributed by atoms with Crippen LogP contribution in [0.15, 0.2) is 30.3 Å². The number of carboxylic acid groups (broad SMARTS) is 1. The van der Waals surface area contributed by atoms with Gasteiger partial charge in [-0.05, 0) is 18.4 Å². The molecule has 0 amide bonds. The second kappa shape index (κ2) is 17.9. The Morgan fingerprint density at radius 1 is 0.833 bits per heavy atom. The van der Waals surface area contributed by atoms with Gasteiger partial charge in [-0.2, -0.15) is 8.42 Å². The van der Waals surface area contributed by atoms with Gasteiger partial charge in [0.1, 0.15) is 0 Å². The summed E-state index contributed by atoms with van der Waals surface area (Å²) in [7, 11) is -4.81. The van der Waals surface area contributed by atoms with Crippen LogP contribution in [-0.2, 0) is 30.6 Å². The molecule has 0 saturated heterocycles. The van der Waals surface area contributed by atoms with E-state index in [-0.39, 0.29) is 0 Å². The number of carboxylic acids is 1. The highest BCUT2D eigenvalue weighted by Gasteiger charge is 2.13. The maximum Gasteiger partial charge on any atom is 0.448 e. The highest BCUT2D eigenvalue weighted by molar-refractivity contribution is 7.81. The molecule has 1 rings (SSSR count). The number of aryl methyl sites for hydroxylation is 1. The predicted octanol–water partition coefficient (Wildman–Crippen LogP) is 5.35. The summed E-state index contributed by atoms with van der Waals surface area (Å²) in [4.78, 5) is 20.2. The monoisotopic (exact) mass is 444 g/mol. The van der Waals surface area contributed by atoms with Crippen LogP contribution in [0.25, 0.3) is 0 Å². The Morgan fingerprint density at radius 2 is 1.33 bits per heavy atom. The van der Waals surface area contributed by atoms with E-state index in [1.165, 1.54) is 76.2 Å². The minimum absolute atomic E-state index is 0.547. The normalized spacial score (nSPS) is 10.7. The molecule has 0 unspecified atom stereocenters. The Balaban J connectivity index is 0.000000612. The fourth-order valence-corrected chi connectivity index (χ4v) is 3.15. The first kappa shape index (κ1) is 28.1. The molecule has 7 nitrogen and oxygen atoms in total. The van der Waals surface area contributed by atoms with E-state index in [2.05, 4.69) is 41.4 Å². The molecule has 0 aromatic heterocycles. The van der Waals surface area contributed by atoms with E-state index in [9.17, 15) is 18.0 Å². The third kappa shape index (κ3) is 20.8. The van der Waals surface area contributed by atoms with Gasteiger partial charge in [0, 0.05) is 0 Å². The summed E-state index contributed by atoms with van der Waals surface area (Å²) in [5, 5.41) is 8.04. The Hall–Kier alpha value is -1.93. The van der Waals surface area contributed by atoms with Crippen molar-refractivity contribution in [3.05, 3.63) is 35.9 Å². The SMILES string of the molecule is CCCCCCCCCCCCc1ccccc1.O=C(O)CCC(=O)OS(=O)(=O)O. The van der Waals surface area contributed by atoms with Crippen LogP contribution in [0.1, 0.15) is 89.5 Å². The van der Waals surface area contributed by atoms with Gasteiger partial charge in [-0.3, -0.25) is 14.1 Å². The van der Waals surface area contributed by atoms with Crippen LogP contribution in [0, 0.1) is 0 Å². The third-order valence-electron chi connectivity index (χ3n) is 4.40. The summed E-state index contributed by atoms with van der Waals surface area (Å²) in [5.41, 5.74) is 1.50. The lowest BCUT2D eigenvalue weighted by Crippen LogP contribution is -2.12. The first-order valence-electron chi connectivity index (χ1n) is 10.7. The zero-order valence-corrected chi connectivity index (χ0v) is 18.7. The number of hydrogen-bond acceptors (Lipinski definition) is 5. The van der Waals surface area contributed by atoms with Gasteiger partial charge in [-0.1, -0.05) is 95.0 Å². The Bertz CT molecular complexity index is 672. The van der Waals surface area contributed by atoms with Gasteiger partial charge in [0.25, 0.3) is 0 Å². The van der Waals surface area contributed by atoms with Gasteiger partial charge >= 0.3 is 22.3 Å². The first-order chi connectivity index (χ1) is 14.2. The Kier molecular flexibility index (Phi) is 16.7. The van der Waals surface area contributed by atoms with Crippen LogP contribution in [0.4, 0.5) is 0 Å². The molecule has 0 saturated carbocycles. The van der Waals surface area contributed by atoms with Crippen molar-refractivity contribution in [2.24, 2.45) is 0 Å². The molecule has 0 aliphatic heterocycles. The van der Waals surface area contributed by atoms with Crippen molar-refractivity contribution in [3.8, 4) is 0 Å². The van der Waals surface area contributed by atoms with Gasteiger partial charge < -0.3 is 9.29 Å². The van der Waals surface area contributed by atoms with Crippen LogP contribution < -0.4 is 0 Å². The number of carbonyl (C=O) groups excluding carboxylic acids is 1. The highest BCUT2D eigenvalue weighted by Crippen LogP contribution is 2.12. The van der Waals surface area contributed by atoms with Crippen molar-refractivity contribution in [2.45, 2.75) is 90.4 Å². The molecule has 172 valence electrons. The molecule has 0 atom stereocenters. The van der Waals surface area contributed by atoms with Crippen LogP contribution in [-0.4, -0.2) is 30.0 Å². The van der Waals surface area contributed by atoms with E-state index < -0.39 is 35.2 Å². The van der Waals surface area contributed by atoms with E-state index in [1.54, 1.807) is 0 Å². The summed E-state index contributed by atoms with van der Waals surface area (Å²) in [5.74, 6) is -2.57. The van der Waals surface area contributed by atoms with E-state index >= 15 is 0 Å². The molecule has 30 heavy (non-hydrogen) atoms. The molecule has 1 aromatic carbocycles. The molecule has 1 aromatic rings. The van der Waals surface area contributed by atoms with Crippen LogP contribution in [0.5, 0.6) is 0 Å². The molecule has 8 heteroatoms. The lowest BCUT2D eigenvalue weighted by Gasteiger charge is -2.03. The average Bonchev–Trinajstić information content (AvgIpc) is 2.68. The maximum atomic E-state index is 10.3. The van der Waals surface area contributed by atoms with Crippen molar-refractivity contribution in [3.63, 3.8) is 0 Å². The smallest absolute Gasteiger partial charge is 0.448 e. The van der Waals surface area contributed by atoms with E-state index in [0.29, 0.717) is 0 Å². The van der Waals surface area contributed by atoms with Crippen molar-refractivity contribution >= 4 is 22.3 Å². The fraction of sp³-hybridized carbons (Fsp3) is 0.636. The summed E-state index contributed by atoms with van der Waals surface area (Å²) in [6, 6.07) is 10.9. The molecule has 0 fully saturated rings. The fourth-order valence-electron chi connectivity index (χ4n) is 2.83. The second-order valence-electron chi connectivity index (χ2n) is 7.19. The third-order valence-corrected chi connectivity index (χ3v) is 4.80. The number of rotatable bonds is 15. The van der Waals surface area contributed by atoms with E-state index in [1.807, 2.05) is 0 Å². The maximum absolute atomic E-state index is 10.3. The highest BCUT2D eigenvalue weighted by atomic mass is 32.3. The topological polar surface area (TPSA) is 118 Å². The van der Waals surface area contributed by atoms with E-state index in [4.69, 9.17) is 9.66 Å². The lowest BCUT2D eigenvalue weighted by atomic mass is 10.0. The summed E-state index contributed by atoms with van der Waals surface area (Å²) in [6.45, 7) is 2.28. The molecule has 0 bridgehead atoms. The first-order valence-corrected chi connectivity index (χ1v) is 12.1. The molecular weight excluding hydrogens is 408 g/mol. The molecule has 0 heterocycles. The Labute approximate surface area is 180 Å². The zero-order valence-electron chi connectivity index (χ0n) is 17.9. The predicted molar refractivity (Wildman–Crippen MR) is 117 cm³/mol.